The lowest BCUT2D eigenvalue weighted by atomic mass is 10.2. The first kappa shape index (κ1) is 19.2. The highest BCUT2D eigenvalue weighted by Gasteiger charge is 2.20. The fourth-order valence-corrected chi connectivity index (χ4v) is 3.26. The molecule has 0 bridgehead atoms. The van der Waals surface area contributed by atoms with Gasteiger partial charge in [-0.25, -0.2) is 9.97 Å². The molecule has 1 aliphatic rings. The Kier molecular flexibility index (Phi) is 6.34. The molecule has 0 unspecified atom stereocenters. The molecule has 0 N–H and O–H groups in total. The van der Waals surface area contributed by atoms with Crippen LogP contribution in [0.4, 0.5) is 5.82 Å². The fraction of sp³-hybridized carbons (Fsp3) is 0.500. The van der Waals surface area contributed by atoms with E-state index in [2.05, 4.69) is 31.7 Å². The number of nitrogens with zero attached hydrogens (tertiary/aromatic N) is 6. The zero-order valence-electron chi connectivity index (χ0n) is 16.4. The van der Waals surface area contributed by atoms with Crippen molar-refractivity contribution in [2.45, 2.75) is 20.3 Å². The molecular weight excluding hydrogens is 340 g/mol. The van der Waals surface area contributed by atoms with Crippen molar-refractivity contribution in [1.82, 2.24) is 24.8 Å². The van der Waals surface area contributed by atoms with Crippen molar-refractivity contribution < 1.29 is 4.79 Å². The van der Waals surface area contributed by atoms with E-state index in [1.807, 2.05) is 32.2 Å². The molecule has 0 saturated carbocycles. The van der Waals surface area contributed by atoms with Crippen LogP contribution in [-0.2, 0) is 6.42 Å². The van der Waals surface area contributed by atoms with Crippen LogP contribution in [0.15, 0.2) is 30.6 Å². The number of piperazine rings is 1. The molecule has 1 amide bonds. The van der Waals surface area contributed by atoms with E-state index in [1.54, 1.807) is 17.3 Å². The summed E-state index contributed by atoms with van der Waals surface area (Å²) in [6, 6.07) is 5.78. The van der Waals surface area contributed by atoms with Gasteiger partial charge >= 0.3 is 0 Å². The van der Waals surface area contributed by atoms with Crippen molar-refractivity contribution in [2.24, 2.45) is 0 Å². The van der Waals surface area contributed by atoms with Gasteiger partial charge in [-0.05, 0) is 37.6 Å². The van der Waals surface area contributed by atoms with Crippen molar-refractivity contribution in [2.75, 3.05) is 51.2 Å². The SMILES string of the molecule is CCN1CCN(c2cc(C(=O)N(C)CCc3ccncc3)nc(C)n2)CC1. The molecule has 2 aromatic rings. The number of aryl methyl sites for hydroxylation is 1. The van der Waals surface area contributed by atoms with Crippen LogP contribution in [0.3, 0.4) is 0 Å². The van der Waals surface area contributed by atoms with E-state index in [1.165, 1.54) is 0 Å². The first-order chi connectivity index (χ1) is 13.1. The molecule has 1 aliphatic heterocycles. The molecule has 0 spiro atoms. The van der Waals surface area contributed by atoms with Crippen LogP contribution in [0, 0.1) is 6.92 Å². The third-order valence-corrected chi connectivity index (χ3v) is 5.02. The highest BCUT2D eigenvalue weighted by Crippen LogP contribution is 2.16. The Morgan fingerprint density at radius 2 is 1.85 bits per heavy atom. The number of rotatable bonds is 6. The van der Waals surface area contributed by atoms with Gasteiger partial charge in [-0.3, -0.25) is 9.78 Å². The van der Waals surface area contributed by atoms with Gasteiger partial charge in [-0.2, -0.15) is 0 Å². The zero-order chi connectivity index (χ0) is 19.2. The molecule has 0 radical (unpaired) electrons. The summed E-state index contributed by atoms with van der Waals surface area (Å²) in [4.78, 5) is 32.2. The maximum absolute atomic E-state index is 12.8. The Bertz CT molecular complexity index is 758. The number of hydrogen-bond acceptors (Lipinski definition) is 6. The molecular formula is C20H28N6O. The molecule has 0 atom stereocenters. The molecule has 2 aromatic heterocycles. The maximum Gasteiger partial charge on any atom is 0.272 e. The Hall–Kier alpha value is -2.54. The largest absolute Gasteiger partial charge is 0.354 e. The molecule has 7 heteroatoms. The Morgan fingerprint density at radius 1 is 1.15 bits per heavy atom. The summed E-state index contributed by atoms with van der Waals surface area (Å²) in [5, 5.41) is 0. The van der Waals surface area contributed by atoms with Crippen molar-refractivity contribution in [3.05, 3.63) is 47.7 Å². The maximum atomic E-state index is 12.8. The van der Waals surface area contributed by atoms with E-state index in [0.717, 1.165) is 50.5 Å². The van der Waals surface area contributed by atoms with Crippen molar-refractivity contribution in [3.8, 4) is 0 Å². The number of likely N-dealkylation sites (N-methyl/N-ethyl adjacent to an activating group) is 2. The van der Waals surface area contributed by atoms with E-state index < -0.39 is 0 Å². The number of anilines is 1. The lowest BCUT2D eigenvalue weighted by molar-refractivity contribution is 0.0790. The highest BCUT2D eigenvalue weighted by atomic mass is 16.2. The van der Waals surface area contributed by atoms with Gasteiger partial charge in [0.15, 0.2) is 0 Å². The Balaban J connectivity index is 1.66. The van der Waals surface area contributed by atoms with Gasteiger partial charge < -0.3 is 14.7 Å². The van der Waals surface area contributed by atoms with Crippen LogP contribution in [0.5, 0.6) is 0 Å². The summed E-state index contributed by atoms with van der Waals surface area (Å²) in [5.41, 5.74) is 1.63. The predicted molar refractivity (Wildman–Crippen MR) is 106 cm³/mol. The average Bonchev–Trinajstić information content (AvgIpc) is 2.71. The predicted octanol–water partition coefficient (Wildman–Crippen LogP) is 1.64. The van der Waals surface area contributed by atoms with E-state index in [4.69, 9.17) is 0 Å². The van der Waals surface area contributed by atoms with Gasteiger partial charge in [0.2, 0.25) is 0 Å². The van der Waals surface area contributed by atoms with Crippen molar-refractivity contribution in [1.29, 1.82) is 0 Å². The van der Waals surface area contributed by atoms with Crippen molar-refractivity contribution in [3.63, 3.8) is 0 Å². The van der Waals surface area contributed by atoms with Crippen LogP contribution in [0.2, 0.25) is 0 Å². The van der Waals surface area contributed by atoms with Gasteiger partial charge in [0.05, 0.1) is 0 Å². The second-order valence-corrected chi connectivity index (χ2v) is 6.91. The lowest BCUT2D eigenvalue weighted by Gasteiger charge is -2.35. The minimum atomic E-state index is -0.0667. The summed E-state index contributed by atoms with van der Waals surface area (Å²) < 4.78 is 0. The van der Waals surface area contributed by atoms with Gasteiger partial charge in [0.25, 0.3) is 5.91 Å². The average molecular weight is 368 g/mol. The molecule has 3 heterocycles. The molecule has 3 rings (SSSR count). The van der Waals surface area contributed by atoms with Crippen LogP contribution >= 0.6 is 0 Å². The molecule has 0 aromatic carbocycles. The number of aromatic nitrogens is 3. The van der Waals surface area contributed by atoms with E-state index in [-0.39, 0.29) is 5.91 Å². The minimum absolute atomic E-state index is 0.0667. The van der Waals surface area contributed by atoms with Gasteiger partial charge in [0.1, 0.15) is 17.3 Å². The standard InChI is InChI=1S/C20H28N6O/c1-4-25-11-13-26(14-12-25)19-15-18(22-16(2)23-19)20(27)24(3)10-7-17-5-8-21-9-6-17/h5-6,8-9,15H,4,7,10-14H2,1-3H3. The highest BCUT2D eigenvalue weighted by molar-refractivity contribution is 5.92. The van der Waals surface area contributed by atoms with E-state index >= 15 is 0 Å². The van der Waals surface area contributed by atoms with E-state index in [0.29, 0.717) is 18.1 Å². The molecule has 7 nitrogen and oxygen atoms in total. The summed E-state index contributed by atoms with van der Waals surface area (Å²) in [7, 11) is 1.82. The quantitative estimate of drug-likeness (QED) is 0.772. The number of carbonyl (C=O) groups excluding carboxylic acids is 1. The zero-order valence-corrected chi connectivity index (χ0v) is 16.4. The molecule has 0 aliphatic carbocycles. The third-order valence-electron chi connectivity index (χ3n) is 5.02. The number of hydrogen-bond donors (Lipinski definition) is 0. The molecule has 144 valence electrons. The normalized spacial score (nSPS) is 15.0. The van der Waals surface area contributed by atoms with E-state index in [9.17, 15) is 4.79 Å². The van der Waals surface area contributed by atoms with Crippen LogP contribution in [0.25, 0.3) is 0 Å². The molecule has 27 heavy (non-hydrogen) atoms. The second kappa shape index (κ2) is 8.90. The third kappa shape index (κ3) is 5.01. The van der Waals surface area contributed by atoms with Gasteiger partial charge in [0, 0.05) is 58.2 Å². The lowest BCUT2D eigenvalue weighted by Crippen LogP contribution is -2.46. The minimum Gasteiger partial charge on any atom is -0.354 e. The van der Waals surface area contributed by atoms with Crippen LogP contribution in [0.1, 0.15) is 28.8 Å². The fourth-order valence-electron chi connectivity index (χ4n) is 3.26. The Morgan fingerprint density at radius 3 is 2.52 bits per heavy atom. The topological polar surface area (TPSA) is 65.5 Å². The smallest absolute Gasteiger partial charge is 0.272 e. The summed E-state index contributed by atoms with van der Waals surface area (Å²) in [6.45, 7) is 9.64. The summed E-state index contributed by atoms with van der Waals surface area (Å²) >= 11 is 0. The molecule has 1 saturated heterocycles. The summed E-state index contributed by atoms with van der Waals surface area (Å²) in [5.74, 6) is 1.42. The Labute approximate surface area is 161 Å². The van der Waals surface area contributed by atoms with Crippen LogP contribution in [-0.4, -0.2) is 77.0 Å². The summed E-state index contributed by atoms with van der Waals surface area (Å²) in [6.07, 6.45) is 4.34. The number of pyridine rings is 1. The monoisotopic (exact) mass is 368 g/mol. The molecule has 1 fully saturated rings. The second-order valence-electron chi connectivity index (χ2n) is 6.91. The first-order valence-corrected chi connectivity index (χ1v) is 9.54. The first-order valence-electron chi connectivity index (χ1n) is 9.54. The van der Waals surface area contributed by atoms with Gasteiger partial charge in [-0.1, -0.05) is 6.92 Å². The van der Waals surface area contributed by atoms with Gasteiger partial charge in [-0.15, -0.1) is 0 Å². The number of amides is 1. The van der Waals surface area contributed by atoms with Crippen LogP contribution < -0.4 is 4.90 Å². The number of carbonyl (C=O) groups is 1. The van der Waals surface area contributed by atoms with Crippen molar-refractivity contribution >= 4 is 11.7 Å².